The van der Waals surface area contributed by atoms with E-state index < -0.39 is 0 Å². The number of nitrogens with zero attached hydrogens (tertiary/aromatic N) is 4. The predicted molar refractivity (Wildman–Crippen MR) is 92.2 cm³/mol. The second-order valence-corrected chi connectivity index (χ2v) is 6.52. The second-order valence-electron chi connectivity index (χ2n) is 6.52. The van der Waals surface area contributed by atoms with E-state index in [1.807, 2.05) is 10.7 Å². The maximum atomic E-state index is 12.6. The van der Waals surface area contributed by atoms with Crippen LogP contribution in [0.25, 0.3) is 0 Å². The highest BCUT2D eigenvalue weighted by molar-refractivity contribution is 5.76. The summed E-state index contributed by atoms with van der Waals surface area (Å²) in [6.45, 7) is 6.55. The molecule has 0 aromatic carbocycles. The van der Waals surface area contributed by atoms with Gasteiger partial charge >= 0.3 is 6.09 Å². The first-order valence-electron chi connectivity index (χ1n) is 9.11. The topological polar surface area (TPSA) is 79.7 Å². The minimum absolute atomic E-state index is 0.0530. The van der Waals surface area contributed by atoms with E-state index in [4.69, 9.17) is 4.74 Å². The molecule has 138 valence electrons. The molecule has 2 saturated heterocycles. The molecular formula is C17H27N5O3. The van der Waals surface area contributed by atoms with Gasteiger partial charge < -0.3 is 19.9 Å². The van der Waals surface area contributed by atoms with Gasteiger partial charge in [0.15, 0.2) is 0 Å². The van der Waals surface area contributed by atoms with E-state index in [1.165, 1.54) is 0 Å². The largest absolute Gasteiger partial charge is 0.450 e. The molecule has 1 atom stereocenters. The third-order valence-corrected chi connectivity index (χ3v) is 4.91. The average Bonchev–Trinajstić information content (AvgIpc) is 3.11. The van der Waals surface area contributed by atoms with E-state index in [9.17, 15) is 9.59 Å². The minimum Gasteiger partial charge on any atom is -0.450 e. The Labute approximate surface area is 148 Å². The number of rotatable bonds is 4. The fourth-order valence-electron chi connectivity index (χ4n) is 3.51. The summed E-state index contributed by atoms with van der Waals surface area (Å²) in [5.74, 6) is 0.474. The molecule has 1 N–H and O–H groups in total. The molecule has 2 fully saturated rings. The summed E-state index contributed by atoms with van der Waals surface area (Å²) in [6, 6.07) is 2.02. The van der Waals surface area contributed by atoms with Crippen LogP contribution in [0.4, 0.5) is 4.79 Å². The van der Waals surface area contributed by atoms with Crippen LogP contribution in [-0.2, 0) is 16.1 Å². The Hall–Kier alpha value is -2.09. The lowest BCUT2D eigenvalue weighted by atomic mass is 9.96. The smallest absolute Gasteiger partial charge is 0.409 e. The molecule has 8 nitrogen and oxygen atoms in total. The Morgan fingerprint density at radius 1 is 1.28 bits per heavy atom. The molecule has 2 amide bonds. The third-order valence-electron chi connectivity index (χ3n) is 4.91. The van der Waals surface area contributed by atoms with Crippen molar-refractivity contribution in [2.45, 2.75) is 32.2 Å². The molecule has 0 saturated carbocycles. The van der Waals surface area contributed by atoms with Crippen molar-refractivity contribution in [3.8, 4) is 0 Å². The first kappa shape index (κ1) is 17.7. The molecule has 3 rings (SSSR count). The fourth-order valence-corrected chi connectivity index (χ4v) is 3.51. The van der Waals surface area contributed by atoms with Crippen molar-refractivity contribution in [2.24, 2.45) is 0 Å². The summed E-state index contributed by atoms with van der Waals surface area (Å²) in [7, 11) is 0. The highest BCUT2D eigenvalue weighted by Crippen LogP contribution is 2.22. The maximum Gasteiger partial charge on any atom is 0.409 e. The van der Waals surface area contributed by atoms with E-state index in [2.05, 4.69) is 10.4 Å². The summed E-state index contributed by atoms with van der Waals surface area (Å²) in [6.07, 6.45) is 3.76. The van der Waals surface area contributed by atoms with E-state index in [0.717, 1.165) is 31.6 Å². The summed E-state index contributed by atoms with van der Waals surface area (Å²) in [5, 5.41) is 7.76. The fraction of sp³-hybridized carbons (Fsp3) is 0.706. The lowest BCUT2D eigenvalue weighted by Gasteiger charge is -2.34. The van der Waals surface area contributed by atoms with Crippen LogP contribution in [0.5, 0.6) is 0 Å². The van der Waals surface area contributed by atoms with Gasteiger partial charge in [0.1, 0.15) is 6.54 Å². The Morgan fingerprint density at radius 2 is 2.04 bits per heavy atom. The monoisotopic (exact) mass is 349 g/mol. The SMILES string of the molecule is CCOC(=O)N1CCN(C(=O)Cn2nccc2[C@H]2CCCNC2)CC1. The summed E-state index contributed by atoms with van der Waals surface area (Å²) >= 11 is 0. The van der Waals surface area contributed by atoms with Crippen LogP contribution in [0.15, 0.2) is 12.3 Å². The van der Waals surface area contributed by atoms with Crippen molar-refractivity contribution >= 4 is 12.0 Å². The zero-order valence-corrected chi connectivity index (χ0v) is 14.8. The lowest BCUT2D eigenvalue weighted by molar-refractivity contribution is -0.133. The van der Waals surface area contributed by atoms with E-state index in [-0.39, 0.29) is 18.5 Å². The molecule has 0 spiro atoms. The normalized spacial score (nSPS) is 21.2. The highest BCUT2D eigenvalue weighted by atomic mass is 16.6. The molecule has 25 heavy (non-hydrogen) atoms. The Bertz CT molecular complexity index is 589. The van der Waals surface area contributed by atoms with Gasteiger partial charge in [0, 0.05) is 50.5 Å². The third kappa shape index (κ3) is 4.31. The van der Waals surface area contributed by atoms with Crippen LogP contribution in [0.3, 0.4) is 0 Å². The molecule has 0 unspecified atom stereocenters. The number of aromatic nitrogens is 2. The number of piperidine rings is 1. The van der Waals surface area contributed by atoms with Gasteiger partial charge in [0.2, 0.25) is 5.91 Å². The number of nitrogens with one attached hydrogen (secondary N) is 1. The summed E-state index contributed by atoms with van der Waals surface area (Å²) in [4.78, 5) is 27.8. The van der Waals surface area contributed by atoms with Crippen molar-refractivity contribution in [1.82, 2.24) is 24.9 Å². The zero-order chi connectivity index (χ0) is 17.6. The standard InChI is InChI=1S/C17H27N5O3/c1-2-25-17(24)21-10-8-20(9-11-21)16(23)13-22-15(5-7-19-22)14-4-3-6-18-12-14/h5,7,14,18H,2-4,6,8-13H2,1H3/t14-/m0/s1. The van der Waals surface area contributed by atoms with Gasteiger partial charge in [-0.3, -0.25) is 9.48 Å². The molecule has 2 aliphatic rings. The van der Waals surface area contributed by atoms with Crippen LogP contribution in [0.2, 0.25) is 0 Å². The van der Waals surface area contributed by atoms with Crippen LogP contribution in [-0.4, -0.2) is 77.5 Å². The van der Waals surface area contributed by atoms with Gasteiger partial charge in [-0.2, -0.15) is 5.10 Å². The minimum atomic E-state index is -0.297. The van der Waals surface area contributed by atoms with Gasteiger partial charge in [-0.05, 0) is 32.4 Å². The van der Waals surface area contributed by atoms with Crippen LogP contribution in [0, 0.1) is 0 Å². The molecule has 8 heteroatoms. The van der Waals surface area contributed by atoms with Gasteiger partial charge in [0.25, 0.3) is 0 Å². The van der Waals surface area contributed by atoms with E-state index in [1.54, 1.807) is 22.9 Å². The molecule has 2 aliphatic heterocycles. The number of hydrogen-bond acceptors (Lipinski definition) is 5. The number of amides is 2. The second kappa shape index (κ2) is 8.33. The maximum absolute atomic E-state index is 12.6. The molecule has 0 aliphatic carbocycles. The molecule has 1 aromatic rings. The molecule has 3 heterocycles. The number of ether oxygens (including phenoxy) is 1. The highest BCUT2D eigenvalue weighted by Gasteiger charge is 2.26. The van der Waals surface area contributed by atoms with Gasteiger partial charge in [-0.15, -0.1) is 0 Å². The first-order valence-corrected chi connectivity index (χ1v) is 9.11. The molecular weight excluding hydrogens is 322 g/mol. The lowest BCUT2D eigenvalue weighted by Crippen LogP contribution is -2.51. The van der Waals surface area contributed by atoms with Crippen molar-refractivity contribution in [2.75, 3.05) is 45.9 Å². The molecule has 1 aromatic heterocycles. The molecule has 0 radical (unpaired) electrons. The number of carbonyl (C=O) groups is 2. The average molecular weight is 349 g/mol. The van der Waals surface area contributed by atoms with Gasteiger partial charge in [-0.1, -0.05) is 0 Å². The zero-order valence-electron chi connectivity index (χ0n) is 14.8. The van der Waals surface area contributed by atoms with Crippen LogP contribution < -0.4 is 5.32 Å². The summed E-state index contributed by atoms with van der Waals surface area (Å²) < 4.78 is 6.84. The van der Waals surface area contributed by atoms with Gasteiger partial charge in [0.05, 0.1) is 6.61 Å². The Balaban J connectivity index is 1.53. The number of carbonyl (C=O) groups excluding carboxylic acids is 2. The number of hydrogen-bond donors (Lipinski definition) is 1. The summed E-state index contributed by atoms with van der Waals surface area (Å²) in [5.41, 5.74) is 1.13. The van der Waals surface area contributed by atoms with Crippen molar-refractivity contribution in [1.29, 1.82) is 0 Å². The molecule has 0 bridgehead atoms. The Morgan fingerprint density at radius 3 is 2.72 bits per heavy atom. The van der Waals surface area contributed by atoms with E-state index in [0.29, 0.717) is 38.7 Å². The van der Waals surface area contributed by atoms with Crippen molar-refractivity contribution in [3.05, 3.63) is 18.0 Å². The van der Waals surface area contributed by atoms with Gasteiger partial charge in [-0.25, -0.2) is 4.79 Å². The van der Waals surface area contributed by atoms with Crippen molar-refractivity contribution in [3.63, 3.8) is 0 Å². The quantitative estimate of drug-likeness (QED) is 0.863. The van der Waals surface area contributed by atoms with Crippen molar-refractivity contribution < 1.29 is 14.3 Å². The number of piperazine rings is 1. The predicted octanol–water partition coefficient (Wildman–Crippen LogP) is 0.651. The van der Waals surface area contributed by atoms with Crippen LogP contribution >= 0.6 is 0 Å². The van der Waals surface area contributed by atoms with Crippen LogP contribution in [0.1, 0.15) is 31.4 Å². The first-order chi connectivity index (χ1) is 12.2. The Kier molecular flexibility index (Phi) is 5.91. The van der Waals surface area contributed by atoms with E-state index >= 15 is 0 Å².